The van der Waals surface area contributed by atoms with Crippen LogP contribution < -0.4 is 18.9 Å². The molecule has 1 aliphatic rings. The first-order valence-corrected chi connectivity index (χ1v) is 12.2. The number of carbonyl (C=O) groups excluding carboxylic acids is 2. The summed E-state index contributed by atoms with van der Waals surface area (Å²) in [5.74, 6) is 0.450. The van der Waals surface area contributed by atoms with Gasteiger partial charge in [0.2, 0.25) is 5.78 Å². The van der Waals surface area contributed by atoms with Crippen LogP contribution in [0.1, 0.15) is 22.2 Å². The van der Waals surface area contributed by atoms with Crippen LogP contribution in [-0.2, 0) is 4.79 Å². The van der Waals surface area contributed by atoms with Gasteiger partial charge in [0.25, 0.3) is 5.91 Å². The molecule has 39 heavy (non-hydrogen) atoms. The Kier molecular flexibility index (Phi) is 7.14. The summed E-state index contributed by atoms with van der Waals surface area (Å²) in [6.45, 7) is 0.234. The minimum Gasteiger partial charge on any atom is -0.503 e. The van der Waals surface area contributed by atoms with E-state index in [2.05, 4.69) is 0 Å². The smallest absolute Gasteiger partial charge is 0.290 e. The second-order valence-electron chi connectivity index (χ2n) is 8.78. The van der Waals surface area contributed by atoms with Gasteiger partial charge >= 0.3 is 0 Å². The minimum absolute atomic E-state index is 0.0151. The van der Waals surface area contributed by atoms with E-state index in [1.807, 2.05) is 0 Å². The van der Waals surface area contributed by atoms with Crippen molar-refractivity contribution >= 4 is 22.7 Å². The number of amides is 1. The maximum Gasteiger partial charge on any atom is 0.290 e. The van der Waals surface area contributed by atoms with Crippen LogP contribution in [0.5, 0.6) is 23.0 Å². The largest absolute Gasteiger partial charge is 0.503 e. The van der Waals surface area contributed by atoms with E-state index in [0.29, 0.717) is 39.5 Å². The summed E-state index contributed by atoms with van der Waals surface area (Å²) in [6.07, 6.45) is 0. The lowest BCUT2D eigenvalue weighted by Gasteiger charge is -2.26. The Morgan fingerprint density at radius 1 is 0.897 bits per heavy atom. The second-order valence-corrected chi connectivity index (χ2v) is 8.78. The van der Waals surface area contributed by atoms with E-state index in [-0.39, 0.29) is 24.5 Å². The lowest BCUT2D eigenvalue weighted by Crippen LogP contribution is -2.34. The number of nitrogens with zero attached hydrogens (tertiary/aromatic N) is 1. The molecule has 1 amide bonds. The number of furan rings is 1. The average molecular weight is 530 g/mol. The molecule has 1 unspecified atom stereocenters. The number of hydrogen-bond donors (Lipinski definition) is 1. The molecule has 0 saturated heterocycles. The van der Waals surface area contributed by atoms with Crippen LogP contribution in [-0.4, -0.2) is 56.2 Å². The van der Waals surface area contributed by atoms with Gasteiger partial charge in [-0.1, -0.05) is 24.3 Å². The van der Waals surface area contributed by atoms with Gasteiger partial charge in [-0.3, -0.25) is 9.59 Å². The topological polar surface area (TPSA) is 108 Å². The minimum atomic E-state index is -0.870. The summed E-state index contributed by atoms with van der Waals surface area (Å²) in [6, 6.07) is 20.0. The summed E-state index contributed by atoms with van der Waals surface area (Å²) in [5, 5.41) is 11.6. The van der Waals surface area contributed by atoms with E-state index in [9.17, 15) is 14.7 Å². The van der Waals surface area contributed by atoms with Crippen molar-refractivity contribution < 1.29 is 38.1 Å². The number of aliphatic hydroxyl groups is 1. The lowest BCUT2D eigenvalue weighted by atomic mass is 9.95. The molecule has 2 heterocycles. The molecular formula is C30H27NO8. The van der Waals surface area contributed by atoms with E-state index in [0.717, 1.165) is 0 Å². The van der Waals surface area contributed by atoms with Crippen LogP contribution >= 0.6 is 0 Å². The van der Waals surface area contributed by atoms with Crippen LogP contribution in [0.4, 0.5) is 0 Å². The van der Waals surface area contributed by atoms with Crippen molar-refractivity contribution in [3.8, 4) is 23.0 Å². The molecule has 9 nitrogen and oxygen atoms in total. The molecule has 0 fully saturated rings. The number of fused-ring (bicyclic) bond motifs is 1. The Balaban J connectivity index is 1.47. The number of benzene rings is 3. The fraction of sp³-hybridized carbons (Fsp3) is 0.200. The number of carbonyl (C=O) groups is 2. The summed E-state index contributed by atoms with van der Waals surface area (Å²) < 4.78 is 27.5. The van der Waals surface area contributed by atoms with Crippen LogP contribution in [0, 0.1) is 0 Å². The van der Waals surface area contributed by atoms with Gasteiger partial charge in [0, 0.05) is 5.39 Å². The molecule has 1 aliphatic heterocycles. The highest BCUT2D eigenvalue weighted by Gasteiger charge is 2.44. The molecule has 3 aromatic carbocycles. The van der Waals surface area contributed by atoms with Crippen LogP contribution in [0.15, 0.2) is 88.5 Å². The number of ether oxygens (including phenoxy) is 4. The highest BCUT2D eigenvalue weighted by Crippen LogP contribution is 2.40. The zero-order valence-corrected chi connectivity index (χ0v) is 21.7. The zero-order valence-electron chi connectivity index (χ0n) is 21.7. The number of rotatable bonds is 10. The highest BCUT2D eigenvalue weighted by atomic mass is 16.5. The second kappa shape index (κ2) is 10.8. The molecule has 5 rings (SSSR count). The Hall–Kier alpha value is -4.92. The Labute approximate surface area is 224 Å². The van der Waals surface area contributed by atoms with Crippen molar-refractivity contribution in [2.45, 2.75) is 6.04 Å². The van der Waals surface area contributed by atoms with Gasteiger partial charge in [-0.2, -0.15) is 0 Å². The van der Waals surface area contributed by atoms with Crippen LogP contribution in [0.3, 0.4) is 0 Å². The predicted octanol–water partition coefficient (Wildman–Crippen LogP) is 5.12. The fourth-order valence-electron chi connectivity index (χ4n) is 4.62. The molecule has 0 bridgehead atoms. The molecule has 1 atom stereocenters. The molecule has 4 aromatic rings. The monoisotopic (exact) mass is 529 g/mol. The summed E-state index contributed by atoms with van der Waals surface area (Å²) in [5.41, 5.74) is 0.945. The van der Waals surface area contributed by atoms with Crippen molar-refractivity contribution in [1.82, 2.24) is 4.90 Å². The van der Waals surface area contributed by atoms with Gasteiger partial charge in [-0.15, -0.1) is 0 Å². The van der Waals surface area contributed by atoms with Gasteiger partial charge in [0.15, 0.2) is 22.9 Å². The molecule has 0 saturated carbocycles. The average Bonchev–Trinajstić information content (AvgIpc) is 3.52. The molecule has 1 aromatic heterocycles. The summed E-state index contributed by atoms with van der Waals surface area (Å²) in [7, 11) is 4.64. The van der Waals surface area contributed by atoms with Gasteiger partial charge in [-0.25, -0.2) is 0 Å². The molecule has 1 N–H and O–H groups in total. The first-order valence-electron chi connectivity index (χ1n) is 12.2. The third kappa shape index (κ3) is 4.86. The SMILES string of the molecule is COc1ccc(OCCN2C(=O)C(O)=C(C(=O)c3cc4cccc(OC)c4o3)C2c2ccc(OC)cc2)cc1. The van der Waals surface area contributed by atoms with Gasteiger partial charge in [-0.05, 0) is 54.1 Å². The standard InChI is InChI=1S/C30H27NO8/c1-35-20-9-7-18(8-10-20)26-25(27(32)24-17-19-5-4-6-23(37-3)29(19)39-24)28(33)30(34)31(26)15-16-38-22-13-11-21(36-2)12-14-22/h4-14,17,26,33H,15-16H2,1-3H3. The number of Topliss-reactive ketones (excluding diaryl/α,β-unsaturated/α-hetero) is 1. The summed E-state index contributed by atoms with van der Waals surface area (Å²) >= 11 is 0. The first kappa shape index (κ1) is 25.7. The number of ketones is 1. The Morgan fingerprint density at radius 2 is 1.54 bits per heavy atom. The van der Waals surface area contributed by atoms with E-state index < -0.39 is 23.5 Å². The molecule has 200 valence electrons. The van der Waals surface area contributed by atoms with Crippen molar-refractivity contribution in [2.75, 3.05) is 34.5 Å². The maximum atomic E-state index is 13.8. The number of para-hydroxylation sites is 1. The summed E-state index contributed by atoms with van der Waals surface area (Å²) in [4.78, 5) is 28.5. The number of methoxy groups -OCH3 is 3. The van der Waals surface area contributed by atoms with Crippen molar-refractivity contribution in [3.63, 3.8) is 0 Å². The molecule has 9 heteroatoms. The first-order chi connectivity index (χ1) is 18.9. The molecule has 0 aliphatic carbocycles. The number of aliphatic hydroxyl groups excluding tert-OH is 1. The Bertz CT molecular complexity index is 1540. The third-order valence-electron chi connectivity index (χ3n) is 6.59. The van der Waals surface area contributed by atoms with Crippen molar-refractivity contribution in [3.05, 3.63) is 95.5 Å². The molecular weight excluding hydrogens is 502 g/mol. The molecule has 0 radical (unpaired) electrons. The predicted molar refractivity (Wildman–Crippen MR) is 143 cm³/mol. The van der Waals surface area contributed by atoms with Gasteiger partial charge < -0.3 is 33.4 Å². The Morgan fingerprint density at radius 3 is 2.18 bits per heavy atom. The van der Waals surface area contributed by atoms with Crippen LogP contribution in [0.2, 0.25) is 0 Å². The van der Waals surface area contributed by atoms with E-state index in [1.54, 1.807) is 87.0 Å². The van der Waals surface area contributed by atoms with Gasteiger partial charge in [0.1, 0.15) is 23.9 Å². The molecule has 0 spiro atoms. The fourth-order valence-corrected chi connectivity index (χ4v) is 4.62. The lowest BCUT2D eigenvalue weighted by molar-refractivity contribution is -0.129. The van der Waals surface area contributed by atoms with E-state index in [1.165, 1.54) is 12.0 Å². The van der Waals surface area contributed by atoms with Crippen molar-refractivity contribution in [1.29, 1.82) is 0 Å². The quantitative estimate of drug-likeness (QED) is 0.282. The van der Waals surface area contributed by atoms with E-state index >= 15 is 0 Å². The van der Waals surface area contributed by atoms with E-state index in [4.69, 9.17) is 23.4 Å². The highest BCUT2D eigenvalue weighted by molar-refractivity contribution is 6.16. The number of hydrogen-bond acceptors (Lipinski definition) is 8. The van der Waals surface area contributed by atoms with Crippen molar-refractivity contribution in [2.24, 2.45) is 0 Å². The van der Waals surface area contributed by atoms with Gasteiger partial charge in [0.05, 0.1) is 39.5 Å². The third-order valence-corrected chi connectivity index (χ3v) is 6.59. The maximum absolute atomic E-state index is 13.8. The normalized spacial score (nSPS) is 15.1. The van der Waals surface area contributed by atoms with Crippen LogP contribution in [0.25, 0.3) is 11.0 Å². The zero-order chi connectivity index (χ0) is 27.5.